The molecular weight excluding hydrogens is 557 g/mol. The summed E-state index contributed by atoms with van der Waals surface area (Å²) in [5.41, 5.74) is 3.09. The van der Waals surface area contributed by atoms with Crippen molar-refractivity contribution in [1.82, 2.24) is 9.88 Å². The molecule has 0 spiro atoms. The summed E-state index contributed by atoms with van der Waals surface area (Å²) in [4.78, 5) is 33.3. The number of nitrogens with one attached hydrogen (secondary N) is 1. The third kappa shape index (κ3) is 7.54. The van der Waals surface area contributed by atoms with Gasteiger partial charge in [-0.25, -0.2) is 4.98 Å². The Balaban J connectivity index is 1.33. The number of likely N-dealkylation sites (tertiary alicyclic amines) is 1. The zero-order chi connectivity index (χ0) is 30.8. The van der Waals surface area contributed by atoms with Crippen molar-refractivity contribution in [3.8, 4) is 11.1 Å². The fourth-order valence-electron chi connectivity index (χ4n) is 6.11. The number of piperidine rings is 2. The first-order chi connectivity index (χ1) is 20.4. The first kappa shape index (κ1) is 30.5. The van der Waals surface area contributed by atoms with Crippen LogP contribution in [0.25, 0.3) is 11.1 Å². The summed E-state index contributed by atoms with van der Waals surface area (Å²) in [7, 11) is 0. The molecule has 0 unspecified atom stereocenters. The van der Waals surface area contributed by atoms with E-state index in [-0.39, 0.29) is 17.2 Å². The number of benzene rings is 2. The summed E-state index contributed by atoms with van der Waals surface area (Å²) < 4.78 is 39.5. The third-order valence-electron chi connectivity index (χ3n) is 8.47. The van der Waals surface area contributed by atoms with E-state index in [0.29, 0.717) is 49.4 Å². The van der Waals surface area contributed by atoms with Crippen molar-refractivity contribution in [2.24, 2.45) is 11.3 Å². The van der Waals surface area contributed by atoms with Crippen LogP contribution in [0.1, 0.15) is 61.0 Å². The van der Waals surface area contributed by atoms with Gasteiger partial charge in [-0.15, -0.1) is 0 Å². The molecule has 2 saturated heterocycles. The van der Waals surface area contributed by atoms with Crippen LogP contribution in [0.3, 0.4) is 0 Å². The van der Waals surface area contributed by atoms with Crippen LogP contribution in [0.2, 0.25) is 0 Å². The molecule has 0 saturated carbocycles. The molecule has 43 heavy (non-hydrogen) atoms. The van der Waals surface area contributed by atoms with E-state index in [2.05, 4.69) is 33.9 Å². The second kappa shape index (κ2) is 12.4. The van der Waals surface area contributed by atoms with Crippen LogP contribution >= 0.6 is 0 Å². The molecule has 0 bridgehead atoms. The van der Waals surface area contributed by atoms with Crippen LogP contribution in [-0.2, 0) is 17.5 Å². The van der Waals surface area contributed by atoms with E-state index in [4.69, 9.17) is 0 Å². The van der Waals surface area contributed by atoms with Gasteiger partial charge in [0.05, 0.1) is 11.5 Å². The van der Waals surface area contributed by atoms with Gasteiger partial charge in [0.25, 0.3) is 5.91 Å². The van der Waals surface area contributed by atoms with Crippen molar-refractivity contribution in [3.63, 3.8) is 0 Å². The second-order valence-electron chi connectivity index (χ2n) is 12.4. The van der Waals surface area contributed by atoms with Gasteiger partial charge in [-0.2, -0.15) is 13.2 Å². The number of nitrogens with zero attached hydrogens (tertiary/aromatic N) is 3. The molecule has 0 radical (unpaired) electrons. The normalized spacial score (nSPS) is 17.9. The van der Waals surface area contributed by atoms with Crippen molar-refractivity contribution in [1.29, 1.82) is 0 Å². The smallest absolute Gasteiger partial charge is 0.416 e. The van der Waals surface area contributed by atoms with E-state index in [1.165, 1.54) is 12.1 Å². The van der Waals surface area contributed by atoms with Gasteiger partial charge in [-0.3, -0.25) is 14.5 Å². The number of amides is 1. The number of anilines is 2. The van der Waals surface area contributed by atoms with E-state index < -0.39 is 17.7 Å². The lowest BCUT2D eigenvalue weighted by Gasteiger charge is -2.38. The van der Waals surface area contributed by atoms with Gasteiger partial charge in [-0.05, 0) is 91.2 Å². The summed E-state index contributed by atoms with van der Waals surface area (Å²) in [6.07, 6.45) is 0.568. The maximum atomic E-state index is 13.2. The predicted octanol–water partition coefficient (Wildman–Crippen LogP) is 6.94. The highest BCUT2D eigenvalue weighted by Gasteiger charge is 2.31. The van der Waals surface area contributed by atoms with E-state index in [9.17, 15) is 27.9 Å². The van der Waals surface area contributed by atoms with E-state index in [0.717, 1.165) is 54.9 Å². The van der Waals surface area contributed by atoms with Crippen LogP contribution in [0, 0.1) is 11.3 Å². The first-order valence-electron chi connectivity index (χ1n) is 14.7. The van der Waals surface area contributed by atoms with Gasteiger partial charge in [0.2, 0.25) is 0 Å². The summed E-state index contributed by atoms with van der Waals surface area (Å²) in [5.74, 6) is -1.02. The van der Waals surface area contributed by atoms with Crippen molar-refractivity contribution in [3.05, 3.63) is 77.5 Å². The lowest BCUT2D eigenvalue weighted by Crippen LogP contribution is -2.39. The Hall–Kier alpha value is -3.92. The Morgan fingerprint density at radius 1 is 1.02 bits per heavy atom. The molecule has 3 heterocycles. The summed E-state index contributed by atoms with van der Waals surface area (Å²) in [6.45, 7) is 8.15. The van der Waals surface area contributed by atoms with Gasteiger partial charge >= 0.3 is 12.1 Å². The molecule has 2 aliphatic rings. The largest absolute Gasteiger partial charge is 0.481 e. The topological polar surface area (TPSA) is 85.8 Å². The average molecular weight is 595 g/mol. The molecular formula is C33H37F3N4O3. The fraction of sp³-hybridized carbons (Fsp3) is 0.424. The molecule has 5 rings (SSSR count). The van der Waals surface area contributed by atoms with Crippen LogP contribution in [0.15, 0.2) is 60.8 Å². The Morgan fingerprint density at radius 3 is 2.30 bits per heavy atom. The third-order valence-corrected chi connectivity index (χ3v) is 8.47. The zero-order valence-electron chi connectivity index (χ0n) is 24.5. The summed E-state index contributed by atoms with van der Waals surface area (Å²) in [6, 6.07) is 14.1. The Bertz CT molecular complexity index is 1450. The second-order valence-corrected chi connectivity index (χ2v) is 12.4. The number of carbonyl (C=O) groups excluding carboxylic acids is 1. The Kier molecular flexibility index (Phi) is 8.78. The quantitative estimate of drug-likeness (QED) is 0.308. The highest BCUT2D eigenvalue weighted by atomic mass is 19.4. The SMILES string of the molecule is CC1(C)CCCN(Cc2cc(NC(=O)c3ccc(N4CCC(C(=O)O)CC4)cc3)ncc2-c2ccc(C(F)(F)F)cc2)C1. The molecule has 10 heteroatoms. The molecule has 2 fully saturated rings. The minimum absolute atomic E-state index is 0.162. The zero-order valence-corrected chi connectivity index (χ0v) is 24.5. The molecule has 0 aliphatic carbocycles. The first-order valence-corrected chi connectivity index (χ1v) is 14.7. The van der Waals surface area contributed by atoms with Gasteiger partial charge in [0.1, 0.15) is 5.82 Å². The molecule has 1 amide bonds. The lowest BCUT2D eigenvalue weighted by molar-refractivity contribution is -0.142. The number of aromatic nitrogens is 1. The van der Waals surface area contributed by atoms with E-state index in [1.54, 1.807) is 18.3 Å². The molecule has 228 valence electrons. The Morgan fingerprint density at radius 2 is 1.70 bits per heavy atom. The number of rotatable bonds is 7. The number of pyridine rings is 1. The maximum Gasteiger partial charge on any atom is 0.416 e. The molecule has 2 N–H and O–H groups in total. The van der Waals surface area contributed by atoms with Gasteiger partial charge in [0, 0.05) is 49.2 Å². The van der Waals surface area contributed by atoms with E-state index in [1.807, 2.05) is 18.2 Å². The molecule has 0 atom stereocenters. The number of carboxylic acids is 1. The average Bonchev–Trinajstić information content (AvgIpc) is 2.96. The fourth-order valence-corrected chi connectivity index (χ4v) is 6.11. The highest BCUT2D eigenvalue weighted by molar-refractivity contribution is 6.04. The van der Waals surface area contributed by atoms with Crippen LogP contribution < -0.4 is 10.2 Å². The number of hydrogen-bond donors (Lipinski definition) is 2. The number of hydrogen-bond acceptors (Lipinski definition) is 5. The molecule has 1 aromatic heterocycles. The van der Waals surface area contributed by atoms with E-state index >= 15 is 0 Å². The van der Waals surface area contributed by atoms with Gasteiger partial charge in [-0.1, -0.05) is 26.0 Å². The van der Waals surface area contributed by atoms with Crippen molar-refractivity contribution >= 4 is 23.4 Å². The number of aliphatic carboxylic acids is 1. The monoisotopic (exact) mass is 594 g/mol. The molecule has 2 aromatic carbocycles. The van der Waals surface area contributed by atoms with Crippen molar-refractivity contribution < 1.29 is 27.9 Å². The molecule has 3 aromatic rings. The highest BCUT2D eigenvalue weighted by Crippen LogP contribution is 2.34. The maximum absolute atomic E-state index is 13.2. The van der Waals surface area contributed by atoms with Gasteiger partial charge < -0.3 is 15.3 Å². The number of alkyl halides is 3. The summed E-state index contributed by atoms with van der Waals surface area (Å²) in [5, 5.41) is 12.1. The molecule has 2 aliphatic heterocycles. The predicted molar refractivity (Wildman–Crippen MR) is 160 cm³/mol. The lowest BCUT2D eigenvalue weighted by atomic mass is 9.84. The standard InChI is InChI=1S/C33H37F3N4O3/c1-32(2)14-3-15-39(21-32)20-25-18-29(37-19-28(25)22-4-8-26(9-5-22)33(34,35)36)38-30(41)23-6-10-27(11-7-23)40-16-12-24(13-17-40)31(42)43/h4-11,18-19,24H,3,12-17,20-21H2,1-2H3,(H,42,43)(H,37,38,41). The van der Waals surface area contributed by atoms with Crippen molar-refractivity contribution in [2.45, 2.75) is 52.3 Å². The number of carbonyl (C=O) groups is 2. The van der Waals surface area contributed by atoms with Gasteiger partial charge in [0.15, 0.2) is 0 Å². The number of carboxylic acid groups (broad SMARTS) is 1. The minimum Gasteiger partial charge on any atom is -0.481 e. The van der Waals surface area contributed by atoms with Crippen LogP contribution in [0.4, 0.5) is 24.7 Å². The number of halogens is 3. The van der Waals surface area contributed by atoms with Crippen molar-refractivity contribution in [2.75, 3.05) is 36.4 Å². The Labute approximate surface area is 249 Å². The minimum atomic E-state index is -4.41. The molecule has 7 nitrogen and oxygen atoms in total. The summed E-state index contributed by atoms with van der Waals surface area (Å²) >= 11 is 0. The van der Waals surface area contributed by atoms with Crippen LogP contribution in [0.5, 0.6) is 0 Å². The van der Waals surface area contributed by atoms with Crippen LogP contribution in [-0.4, -0.2) is 53.0 Å².